The molecule has 0 aromatic heterocycles. The Morgan fingerprint density at radius 1 is 0.736 bits per heavy atom. The van der Waals surface area contributed by atoms with Gasteiger partial charge in [-0.2, -0.15) is 0 Å². The summed E-state index contributed by atoms with van der Waals surface area (Å²) in [6.07, 6.45) is 26.6. The van der Waals surface area contributed by atoms with Gasteiger partial charge in [0, 0.05) is 17.9 Å². The highest BCUT2D eigenvalue weighted by Crippen LogP contribution is 2.43. The number of rotatable bonds is 9. The molecule has 3 aliphatic carbocycles. The second-order valence-electron chi connectivity index (χ2n) is 15.9. The molecule has 4 aliphatic rings. The predicted octanol–water partition coefficient (Wildman–Crippen LogP) is 13.3. The van der Waals surface area contributed by atoms with Crippen molar-refractivity contribution in [2.24, 2.45) is 21.8 Å². The van der Waals surface area contributed by atoms with Crippen LogP contribution < -0.4 is 0 Å². The Hall–Kier alpha value is -4.82. The van der Waals surface area contributed by atoms with Crippen LogP contribution in [0.2, 0.25) is 0 Å². The minimum Gasteiger partial charge on any atom is -0.259 e. The lowest BCUT2D eigenvalue weighted by Gasteiger charge is -2.40. The summed E-state index contributed by atoms with van der Waals surface area (Å²) >= 11 is 0. The zero-order valence-corrected chi connectivity index (χ0v) is 32.1. The van der Waals surface area contributed by atoms with Crippen LogP contribution in [-0.4, -0.2) is 17.1 Å². The summed E-state index contributed by atoms with van der Waals surface area (Å²) in [7, 11) is 0. The Balaban J connectivity index is 1.17. The van der Waals surface area contributed by atoms with E-state index in [1.165, 1.54) is 73.9 Å². The molecule has 0 saturated carbocycles. The van der Waals surface area contributed by atoms with Crippen molar-refractivity contribution < 1.29 is 0 Å². The summed E-state index contributed by atoms with van der Waals surface area (Å²) < 4.78 is 0. The lowest BCUT2D eigenvalue weighted by molar-refractivity contribution is 0.280. The number of aryl methyl sites for hydroxylation is 2. The van der Waals surface area contributed by atoms with Gasteiger partial charge in [0.15, 0.2) is 5.84 Å². The van der Waals surface area contributed by atoms with E-state index in [1.807, 2.05) is 0 Å². The maximum atomic E-state index is 5.70. The van der Waals surface area contributed by atoms with Crippen molar-refractivity contribution in [2.45, 2.75) is 96.9 Å². The van der Waals surface area contributed by atoms with Gasteiger partial charge >= 0.3 is 0 Å². The van der Waals surface area contributed by atoms with E-state index in [-0.39, 0.29) is 5.54 Å². The second-order valence-corrected chi connectivity index (χ2v) is 15.9. The lowest BCUT2D eigenvalue weighted by atomic mass is 9.71. The first-order chi connectivity index (χ1) is 25.9. The van der Waals surface area contributed by atoms with Crippen molar-refractivity contribution in [3.8, 4) is 11.1 Å². The van der Waals surface area contributed by atoms with Gasteiger partial charge in [0.25, 0.3) is 0 Å². The summed E-state index contributed by atoms with van der Waals surface area (Å²) in [5.41, 5.74) is 13.0. The summed E-state index contributed by atoms with van der Waals surface area (Å²) in [6, 6.07) is 31.6. The van der Waals surface area contributed by atoms with E-state index in [4.69, 9.17) is 9.98 Å². The van der Waals surface area contributed by atoms with Crippen LogP contribution in [0.1, 0.15) is 101 Å². The molecule has 0 fully saturated rings. The van der Waals surface area contributed by atoms with E-state index in [0.29, 0.717) is 17.8 Å². The number of aliphatic imine (C=N–C) groups is 2. The predicted molar refractivity (Wildman–Crippen MR) is 227 cm³/mol. The van der Waals surface area contributed by atoms with Gasteiger partial charge in [-0.3, -0.25) is 4.99 Å². The molecule has 4 atom stereocenters. The zero-order chi connectivity index (χ0) is 36.4. The van der Waals surface area contributed by atoms with E-state index >= 15 is 0 Å². The SMILES string of the molecule is CCc1cccc(-c2ccc(C3=NC(C)(C4CC=C(C5=CC(CC)CC=C5)CC4)CC(C4=CCC(c5cccc(CC)c5)C=C4)=N3)c3ccccc23)c1. The molecule has 0 spiro atoms. The van der Waals surface area contributed by atoms with Gasteiger partial charge < -0.3 is 0 Å². The molecule has 53 heavy (non-hydrogen) atoms. The maximum absolute atomic E-state index is 5.70. The van der Waals surface area contributed by atoms with Gasteiger partial charge in [-0.15, -0.1) is 0 Å². The van der Waals surface area contributed by atoms with E-state index in [1.54, 1.807) is 0 Å². The molecular formula is C51H54N2. The Bertz CT molecular complexity index is 2240. The van der Waals surface area contributed by atoms with Crippen molar-refractivity contribution in [3.05, 3.63) is 166 Å². The smallest absolute Gasteiger partial charge is 0.156 e. The third kappa shape index (κ3) is 7.26. The molecule has 0 saturated heterocycles. The van der Waals surface area contributed by atoms with E-state index in [9.17, 15) is 0 Å². The van der Waals surface area contributed by atoms with Crippen LogP contribution in [-0.2, 0) is 12.8 Å². The summed E-state index contributed by atoms with van der Waals surface area (Å²) in [6.45, 7) is 9.19. The Labute approximate surface area is 317 Å². The molecule has 2 nitrogen and oxygen atoms in total. The van der Waals surface area contributed by atoms with Crippen LogP contribution in [0.5, 0.6) is 0 Å². The monoisotopic (exact) mass is 694 g/mol. The van der Waals surface area contributed by atoms with Crippen LogP contribution in [0.4, 0.5) is 0 Å². The number of benzene rings is 4. The molecule has 0 bridgehead atoms. The van der Waals surface area contributed by atoms with Gasteiger partial charge in [0.2, 0.25) is 0 Å². The number of hydrogen-bond donors (Lipinski definition) is 0. The Kier molecular flexibility index (Phi) is 10.1. The number of allylic oxidation sites excluding steroid dienone is 10. The van der Waals surface area contributed by atoms with Crippen LogP contribution in [0.25, 0.3) is 21.9 Å². The molecule has 1 aliphatic heterocycles. The Morgan fingerprint density at radius 2 is 1.51 bits per heavy atom. The Morgan fingerprint density at radius 3 is 2.25 bits per heavy atom. The van der Waals surface area contributed by atoms with Crippen LogP contribution in [0, 0.1) is 11.8 Å². The first-order valence-corrected chi connectivity index (χ1v) is 20.3. The zero-order valence-electron chi connectivity index (χ0n) is 32.1. The van der Waals surface area contributed by atoms with Crippen LogP contribution in [0.15, 0.2) is 154 Å². The van der Waals surface area contributed by atoms with Gasteiger partial charge in [0.1, 0.15) is 0 Å². The molecule has 0 amide bonds. The molecular weight excluding hydrogens is 641 g/mol. The molecule has 4 aromatic rings. The molecule has 268 valence electrons. The minimum atomic E-state index is -0.257. The third-order valence-corrected chi connectivity index (χ3v) is 12.5. The van der Waals surface area contributed by atoms with Gasteiger partial charge in [-0.25, -0.2) is 4.99 Å². The summed E-state index contributed by atoms with van der Waals surface area (Å²) in [5, 5.41) is 2.47. The van der Waals surface area contributed by atoms with E-state index < -0.39 is 0 Å². The third-order valence-electron chi connectivity index (χ3n) is 12.5. The highest BCUT2D eigenvalue weighted by Gasteiger charge is 2.40. The molecule has 8 rings (SSSR count). The highest BCUT2D eigenvalue weighted by molar-refractivity contribution is 6.20. The standard InChI is InChI=1S/C51H54N2/c1-5-35-13-10-16-41(31-35)38-21-23-40(24-22-38)49-34-51(4,44-27-25-39(26-28-44)42-17-11-14-36(6-2)32-42)53-50(52-49)48-30-29-45(46-19-8-9-20-47(46)48)43-18-12-15-37(7-3)33-43/h8-13,15-21,23-25,29-33,36,38,44H,5-7,14,22,26-28,34H2,1-4H3. The van der Waals surface area contributed by atoms with Gasteiger partial charge in [-0.05, 0) is 132 Å². The van der Waals surface area contributed by atoms with Crippen LogP contribution in [0.3, 0.4) is 0 Å². The van der Waals surface area contributed by atoms with Crippen LogP contribution >= 0.6 is 0 Å². The molecule has 4 unspecified atom stereocenters. The first kappa shape index (κ1) is 35.2. The van der Waals surface area contributed by atoms with E-state index in [2.05, 4.69) is 155 Å². The average Bonchev–Trinajstić information content (AvgIpc) is 3.23. The molecule has 1 heterocycles. The number of fused-ring (bicyclic) bond motifs is 1. The quantitative estimate of drug-likeness (QED) is 0.167. The maximum Gasteiger partial charge on any atom is 0.156 e. The number of hydrogen-bond acceptors (Lipinski definition) is 2. The van der Waals surface area contributed by atoms with Crippen molar-refractivity contribution in [2.75, 3.05) is 0 Å². The highest BCUT2D eigenvalue weighted by atomic mass is 15.0. The topological polar surface area (TPSA) is 24.7 Å². The lowest BCUT2D eigenvalue weighted by Crippen LogP contribution is -2.40. The molecule has 4 aromatic carbocycles. The average molecular weight is 695 g/mol. The number of nitrogens with zero attached hydrogens (tertiary/aromatic N) is 2. The fourth-order valence-electron chi connectivity index (χ4n) is 9.07. The van der Waals surface area contributed by atoms with Gasteiger partial charge in [-0.1, -0.05) is 142 Å². The largest absolute Gasteiger partial charge is 0.259 e. The molecule has 0 radical (unpaired) electrons. The first-order valence-electron chi connectivity index (χ1n) is 20.3. The fraction of sp³-hybridized carbons (Fsp3) is 0.333. The summed E-state index contributed by atoms with van der Waals surface area (Å²) in [5.74, 6) is 2.39. The van der Waals surface area contributed by atoms with Crippen molar-refractivity contribution in [1.29, 1.82) is 0 Å². The van der Waals surface area contributed by atoms with Crippen molar-refractivity contribution in [1.82, 2.24) is 0 Å². The van der Waals surface area contributed by atoms with Crippen molar-refractivity contribution >= 4 is 22.3 Å². The minimum absolute atomic E-state index is 0.257. The fourth-order valence-corrected chi connectivity index (χ4v) is 9.07. The van der Waals surface area contributed by atoms with Gasteiger partial charge in [0.05, 0.1) is 11.3 Å². The van der Waals surface area contributed by atoms with E-state index in [0.717, 1.165) is 56.3 Å². The second kappa shape index (κ2) is 15.3. The summed E-state index contributed by atoms with van der Waals surface area (Å²) in [4.78, 5) is 11.2. The number of amidine groups is 1. The molecule has 0 N–H and O–H groups in total. The normalized spacial score (nSPS) is 24.3. The van der Waals surface area contributed by atoms with Crippen molar-refractivity contribution in [3.63, 3.8) is 0 Å². The molecule has 2 heteroatoms.